The molecule has 4 nitrogen and oxygen atoms in total. The van der Waals surface area contributed by atoms with Crippen LogP contribution in [0.3, 0.4) is 0 Å². The van der Waals surface area contributed by atoms with Gasteiger partial charge in [-0.05, 0) is 18.9 Å². The van der Waals surface area contributed by atoms with Gasteiger partial charge in [-0.1, -0.05) is 48.9 Å². The number of aliphatic hydroxyl groups is 1. The fraction of sp³-hybridized carbons (Fsp3) is 0.438. The summed E-state index contributed by atoms with van der Waals surface area (Å²) >= 11 is 6.42. The topological polar surface area (TPSA) is 64.1 Å². The lowest BCUT2D eigenvalue weighted by Crippen LogP contribution is -2.38. The van der Waals surface area contributed by atoms with E-state index in [0.717, 1.165) is 23.4 Å². The lowest BCUT2D eigenvalue weighted by Gasteiger charge is -2.27. The van der Waals surface area contributed by atoms with Gasteiger partial charge in [0.25, 0.3) is 0 Å². The van der Waals surface area contributed by atoms with Crippen LogP contribution in [0.15, 0.2) is 30.3 Å². The number of rotatable bonds is 6. The Bertz CT molecular complexity index is 597. The van der Waals surface area contributed by atoms with E-state index >= 15 is 0 Å². The Hall–Kier alpha value is -1.36. The van der Waals surface area contributed by atoms with Crippen LogP contribution in [0.4, 0.5) is 0 Å². The van der Waals surface area contributed by atoms with Crippen molar-refractivity contribution < 1.29 is 5.11 Å². The molecule has 1 aromatic heterocycles. The molecule has 0 radical (unpaired) electrons. The Morgan fingerprint density at radius 3 is 2.48 bits per heavy atom. The van der Waals surface area contributed by atoms with Crippen LogP contribution >= 0.6 is 11.6 Å². The van der Waals surface area contributed by atoms with Crippen LogP contribution in [0.5, 0.6) is 0 Å². The Morgan fingerprint density at radius 1 is 1.29 bits per heavy atom. The van der Waals surface area contributed by atoms with Gasteiger partial charge in [0, 0.05) is 19.5 Å². The molecule has 3 N–H and O–H groups in total. The smallest absolute Gasteiger partial charge is 0.107 e. The highest BCUT2D eigenvalue weighted by Crippen LogP contribution is 2.30. The minimum Gasteiger partial charge on any atom is -0.383 e. The van der Waals surface area contributed by atoms with Crippen molar-refractivity contribution in [3.05, 3.63) is 52.3 Å². The second kappa shape index (κ2) is 6.60. The molecule has 2 rings (SSSR count). The SMILES string of the molecule is CCc1nn(CC)c(CC(O)(CN)c2ccccc2)c1Cl. The average molecular weight is 308 g/mol. The molecule has 0 aliphatic heterocycles. The van der Waals surface area contributed by atoms with Crippen LogP contribution in [0, 0.1) is 0 Å². The molecule has 0 spiro atoms. The molecule has 0 saturated carbocycles. The number of benzene rings is 1. The molecule has 0 amide bonds. The van der Waals surface area contributed by atoms with Gasteiger partial charge in [-0.3, -0.25) is 4.68 Å². The highest BCUT2D eigenvalue weighted by atomic mass is 35.5. The molecule has 21 heavy (non-hydrogen) atoms. The van der Waals surface area contributed by atoms with E-state index in [4.69, 9.17) is 17.3 Å². The summed E-state index contributed by atoms with van der Waals surface area (Å²) in [6.07, 6.45) is 1.12. The number of aryl methyl sites for hydroxylation is 2. The summed E-state index contributed by atoms with van der Waals surface area (Å²) in [4.78, 5) is 0. The molecular formula is C16H22ClN3O. The summed E-state index contributed by atoms with van der Waals surface area (Å²) in [5.41, 5.74) is 7.21. The van der Waals surface area contributed by atoms with Crippen LogP contribution in [-0.2, 0) is 25.0 Å². The van der Waals surface area contributed by atoms with Crippen molar-refractivity contribution >= 4 is 11.6 Å². The number of hydrogen-bond acceptors (Lipinski definition) is 3. The quantitative estimate of drug-likeness (QED) is 0.862. The monoisotopic (exact) mass is 307 g/mol. The first kappa shape index (κ1) is 16.0. The number of nitrogens with zero attached hydrogens (tertiary/aromatic N) is 2. The molecule has 0 aliphatic carbocycles. The molecular weight excluding hydrogens is 286 g/mol. The van der Waals surface area contributed by atoms with Crippen LogP contribution < -0.4 is 5.73 Å². The zero-order chi connectivity index (χ0) is 15.5. The first-order chi connectivity index (χ1) is 10.1. The fourth-order valence-electron chi connectivity index (χ4n) is 2.50. The van der Waals surface area contributed by atoms with Crippen LogP contribution in [-0.4, -0.2) is 21.4 Å². The summed E-state index contributed by atoms with van der Waals surface area (Å²) in [6, 6.07) is 9.47. The van der Waals surface area contributed by atoms with Gasteiger partial charge in [-0.15, -0.1) is 0 Å². The van der Waals surface area contributed by atoms with E-state index in [2.05, 4.69) is 5.10 Å². The molecule has 2 aromatic rings. The lowest BCUT2D eigenvalue weighted by molar-refractivity contribution is 0.0442. The molecule has 0 fully saturated rings. The van der Waals surface area contributed by atoms with Crippen molar-refractivity contribution in [3.63, 3.8) is 0 Å². The van der Waals surface area contributed by atoms with Gasteiger partial charge in [0.05, 0.1) is 16.4 Å². The summed E-state index contributed by atoms with van der Waals surface area (Å²) in [7, 11) is 0. The molecule has 0 bridgehead atoms. The highest BCUT2D eigenvalue weighted by molar-refractivity contribution is 6.31. The number of nitrogens with two attached hydrogens (primary N) is 1. The molecule has 5 heteroatoms. The number of aromatic nitrogens is 2. The maximum absolute atomic E-state index is 10.9. The third kappa shape index (κ3) is 3.12. The standard InChI is InChI=1S/C16H22ClN3O/c1-3-13-15(17)14(20(4-2)19-13)10-16(21,11-18)12-8-6-5-7-9-12/h5-9,21H,3-4,10-11,18H2,1-2H3. The van der Waals surface area contributed by atoms with E-state index < -0.39 is 5.60 Å². The second-order valence-electron chi connectivity index (χ2n) is 5.16. The molecule has 114 valence electrons. The largest absolute Gasteiger partial charge is 0.383 e. The molecule has 1 unspecified atom stereocenters. The predicted octanol–water partition coefficient (Wildman–Crippen LogP) is 2.51. The van der Waals surface area contributed by atoms with Crippen molar-refractivity contribution in [2.45, 2.75) is 38.8 Å². The van der Waals surface area contributed by atoms with E-state index in [-0.39, 0.29) is 6.54 Å². The first-order valence-corrected chi connectivity index (χ1v) is 7.65. The van der Waals surface area contributed by atoms with Crippen LogP contribution in [0.2, 0.25) is 5.02 Å². The summed E-state index contributed by atoms with van der Waals surface area (Å²) < 4.78 is 1.85. The Balaban J connectivity index is 2.41. The maximum Gasteiger partial charge on any atom is 0.107 e. The number of halogens is 1. The highest BCUT2D eigenvalue weighted by Gasteiger charge is 2.31. The molecule has 1 atom stereocenters. The van der Waals surface area contributed by atoms with Gasteiger partial charge < -0.3 is 10.8 Å². The van der Waals surface area contributed by atoms with Crippen molar-refractivity contribution in [2.75, 3.05) is 6.54 Å². The fourth-order valence-corrected chi connectivity index (χ4v) is 2.84. The van der Waals surface area contributed by atoms with Crippen LogP contribution in [0.25, 0.3) is 0 Å². The van der Waals surface area contributed by atoms with Gasteiger partial charge in [-0.2, -0.15) is 5.10 Å². The molecule has 0 saturated heterocycles. The van der Waals surface area contributed by atoms with E-state index in [9.17, 15) is 5.11 Å². The van der Waals surface area contributed by atoms with Crippen LogP contribution in [0.1, 0.15) is 30.8 Å². The Kier molecular flexibility index (Phi) is 5.04. The number of hydrogen-bond donors (Lipinski definition) is 2. The van der Waals surface area contributed by atoms with E-state index in [0.29, 0.717) is 18.0 Å². The molecule has 1 heterocycles. The van der Waals surface area contributed by atoms with Crippen molar-refractivity contribution in [1.29, 1.82) is 0 Å². The minimum atomic E-state index is -1.14. The molecule has 1 aromatic carbocycles. The summed E-state index contributed by atoms with van der Waals surface area (Å²) in [6.45, 7) is 4.87. The van der Waals surface area contributed by atoms with Crippen molar-refractivity contribution in [2.24, 2.45) is 5.73 Å². The third-order valence-corrected chi connectivity index (χ3v) is 4.24. The van der Waals surface area contributed by atoms with E-state index in [1.807, 2.05) is 48.9 Å². The lowest BCUT2D eigenvalue weighted by atomic mass is 9.89. The third-order valence-electron chi connectivity index (χ3n) is 3.80. The van der Waals surface area contributed by atoms with Gasteiger partial charge in [0.2, 0.25) is 0 Å². The van der Waals surface area contributed by atoms with E-state index in [1.54, 1.807) is 0 Å². The maximum atomic E-state index is 10.9. The van der Waals surface area contributed by atoms with E-state index in [1.165, 1.54) is 0 Å². The van der Waals surface area contributed by atoms with Gasteiger partial charge in [0.15, 0.2) is 0 Å². The van der Waals surface area contributed by atoms with Gasteiger partial charge >= 0.3 is 0 Å². The first-order valence-electron chi connectivity index (χ1n) is 7.27. The van der Waals surface area contributed by atoms with Gasteiger partial charge in [-0.25, -0.2) is 0 Å². The zero-order valence-electron chi connectivity index (χ0n) is 12.5. The normalized spacial score (nSPS) is 14.1. The summed E-state index contributed by atoms with van der Waals surface area (Å²) in [5.74, 6) is 0. The second-order valence-corrected chi connectivity index (χ2v) is 5.53. The predicted molar refractivity (Wildman–Crippen MR) is 85.4 cm³/mol. The van der Waals surface area contributed by atoms with Gasteiger partial charge in [0.1, 0.15) is 5.60 Å². The van der Waals surface area contributed by atoms with Crippen molar-refractivity contribution in [3.8, 4) is 0 Å². The van der Waals surface area contributed by atoms with Crippen molar-refractivity contribution in [1.82, 2.24) is 9.78 Å². The summed E-state index contributed by atoms with van der Waals surface area (Å²) in [5, 5.41) is 16.1. The minimum absolute atomic E-state index is 0.129. The zero-order valence-corrected chi connectivity index (χ0v) is 13.3. The molecule has 0 aliphatic rings. The Labute approximate surface area is 130 Å². The average Bonchev–Trinajstić information content (AvgIpc) is 2.83. The Morgan fingerprint density at radius 2 is 1.95 bits per heavy atom.